The molecule has 1 aromatic carbocycles. The normalized spacial score (nSPS) is 38.0. The Balaban J connectivity index is 1.43. The van der Waals surface area contributed by atoms with E-state index in [-0.39, 0.29) is 24.9 Å². The number of fused-ring (bicyclic) bond motifs is 3. The van der Waals surface area contributed by atoms with E-state index < -0.39 is 46.2 Å². The smallest absolute Gasteiger partial charge is 0.339 e. The maximum Gasteiger partial charge on any atom is 0.339 e. The SMILES string of the molecule is C=C1CCC[C@H]2[C@@]1(C)[C@@H](OC(=O)c1ccccc1)C[C@]1(C)O[C@@]3(COC(=O)C3)C[C@H](OC(=O)c3cccnc3)[C@]21C. The second-order valence-electron chi connectivity index (χ2n) is 12.8. The predicted molar refractivity (Wildman–Crippen MR) is 149 cm³/mol. The minimum absolute atomic E-state index is 0.0721. The molecular weight excluding hydrogens is 522 g/mol. The molecule has 7 atom stereocenters. The molecule has 4 fully saturated rings. The third kappa shape index (κ3) is 4.30. The van der Waals surface area contributed by atoms with E-state index in [0.29, 0.717) is 24.0 Å². The molecule has 1 aromatic heterocycles. The fraction of sp³-hybridized carbons (Fsp3) is 0.515. The number of carbonyl (C=O) groups is 3. The quantitative estimate of drug-likeness (QED) is 0.276. The van der Waals surface area contributed by atoms with Crippen molar-refractivity contribution in [3.8, 4) is 0 Å². The lowest BCUT2D eigenvalue weighted by molar-refractivity contribution is -0.330. The summed E-state index contributed by atoms with van der Waals surface area (Å²) in [6.45, 7) is 10.9. The van der Waals surface area contributed by atoms with Gasteiger partial charge in [-0.2, -0.15) is 0 Å². The van der Waals surface area contributed by atoms with Crippen molar-refractivity contribution in [3.05, 3.63) is 78.1 Å². The minimum atomic E-state index is -0.946. The molecule has 4 aliphatic rings. The van der Waals surface area contributed by atoms with Gasteiger partial charge in [0.15, 0.2) is 0 Å². The molecule has 8 nitrogen and oxygen atoms in total. The molecule has 2 aromatic rings. The maximum atomic E-state index is 13.5. The lowest BCUT2D eigenvalue weighted by atomic mass is 9.42. The molecule has 0 unspecified atom stereocenters. The molecule has 8 heteroatoms. The van der Waals surface area contributed by atoms with E-state index in [1.54, 1.807) is 30.5 Å². The second kappa shape index (κ2) is 9.79. The zero-order chi connectivity index (χ0) is 29.0. The summed E-state index contributed by atoms with van der Waals surface area (Å²) in [5.41, 5.74) is -1.26. The third-order valence-electron chi connectivity index (χ3n) is 10.6. The maximum absolute atomic E-state index is 13.5. The van der Waals surface area contributed by atoms with Crippen molar-refractivity contribution >= 4 is 17.9 Å². The van der Waals surface area contributed by atoms with Crippen molar-refractivity contribution < 1.29 is 33.3 Å². The summed E-state index contributed by atoms with van der Waals surface area (Å²) in [6.07, 6.45) is 5.29. The first kappa shape index (κ1) is 27.6. The van der Waals surface area contributed by atoms with Gasteiger partial charge >= 0.3 is 17.9 Å². The molecule has 3 heterocycles. The molecule has 0 bridgehead atoms. The van der Waals surface area contributed by atoms with E-state index in [1.165, 1.54) is 6.20 Å². The van der Waals surface area contributed by atoms with Crippen LogP contribution >= 0.6 is 0 Å². The number of carbonyl (C=O) groups excluding carboxylic acids is 3. The Kier molecular flexibility index (Phi) is 6.60. The number of hydrogen-bond donors (Lipinski definition) is 0. The number of rotatable bonds is 4. The fourth-order valence-corrected chi connectivity index (χ4v) is 8.20. The van der Waals surface area contributed by atoms with E-state index in [9.17, 15) is 14.4 Å². The Labute approximate surface area is 240 Å². The Bertz CT molecular complexity index is 1380. The van der Waals surface area contributed by atoms with Gasteiger partial charge in [-0.15, -0.1) is 0 Å². The van der Waals surface area contributed by atoms with Crippen molar-refractivity contribution in [2.24, 2.45) is 16.7 Å². The van der Waals surface area contributed by atoms with Crippen LogP contribution in [0.5, 0.6) is 0 Å². The summed E-state index contributed by atoms with van der Waals surface area (Å²) in [4.78, 5) is 43.4. The number of benzene rings is 1. The zero-order valence-corrected chi connectivity index (χ0v) is 23.9. The summed E-state index contributed by atoms with van der Waals surface area (Å²) in [5.74, 6) is -1.28. The molecule has 2 saturated carbocycles. The highest BCUT2D eigenvalue weighted by Gasteiger charge is 2.73. The van der Waals surface area contributed by atoms with Gasteiger partial charge in [-0.3, -0.25) is 9.78 Å². The lowest BCUT2D eigenvalue weighted by Crippen LogP contribution is -2.74. The highest BCUT2D eigenvalue weighted by atomic mass is 16.6. The monoisotopic (exact) mass is 559 g/mol. The van der Waals surface area contributed by atoms with Gasteiger partial charge in [-0.1, -0.05) is 44.2 Å². The number of pyridine rings is 1. The summed E-state index contributed by atoms with van der Waals surface area (Å²) in [5, 5.41) is 0. The molecule has 0 N–H and O–H groups in total. The van der Waals surface area contributed by atoms with Gasteiger partial charge in [0, 0.05) is 36.1 Å². The Morgan fingerprint density at radius 1 is 0.976 bits per heavy atom. The Morgan fingerprint density at radius 2 is 1.68 bits per heavy atom. The molecule has 0 radical (unpaired) electrons. The molecule has 216 valence electrons. The number of nitrogens with zero attached hydrogens (tertiary/aromatic N) is 1. The van der Waals surface area contributed by atoms with Crippen LogP contribution in [-0.4, -0.2) is 52.9 Å². The molecule has 41 heavy (non-hydrogen) atoms. The van der Waals surface area contributed by atoms with Gasteiger partial charge in [0.2, 0.25) is 0 Å². The number of cyclic esters (lactones) is 1. The van der Waals surface area contributed by atoms with Crippen LogP contribution in [0, 0.1) is 16.7 Å². The van der Waals surface area contributed by atoms with Gasteiger partial charge in [0.25, 0.3) is 0 Å². The van der Waals surface area contributed by atoms with E-state index >= 15 is 0 Å². The van der Waals surface area contributed by atoms with Gasteiger partial charge in [-0.25, -0.2) is 9.59 Å². The van der Waals surface area contributed by atoms with E-state index in [4.69, 9.17) is 18.9 Å². The molecule has 0 amide bonds. The molecule has 2 aliphatic carbocycles. The largest absolute Gasteiger partial charge is 0.462 e. The van der Waals surface area contributed by atoms with Crippen LogP contribution in [0.2, 0.25) is 0 Å². The standard InChI is InChI=1S/C33H37NO7/c1-21-10-8-14-24-31(21,3)25(39-28(36)22-11-6-5-7-12-22)16-30(2)32(24,4)26(17-33(41-30)18-27(35)38-20-33)40-29(37)23-13-9-15-34-19-23/h5-7,9,11-13,15,19,24-26H,1,8,10,14,16-18,20H2,2-4H3/t24-,25-,26-,30-,31-,32-,33-/m0/s1. The third-order valence-corrected chi connectivity index (χ3v) is 10.6. The van der Waals surface area contributed by atoms with E-state index in [0.717, 1.165) is 24.8 Å². The highest BCUT2D eigenvalue weighted by Crippen LogP contribution is 2.69. The molecule has 1 spiro atoms. The first-order valence-corrected chi connectivity index (χ1v) is 14.4. The minimum Gasteiger partial charge on any atom is -0.462 e. The highest BCUT2D eigenvalue weighted by molar-refractivity contribution is 5.90. The summed E-state index contributed by atoms with van der Waals surface area (Å²) in [7, 11) is 0. The first-order chi connectivity index (χ1) is 19.5. The Hall–Kier alpha value is -3.52. The van der Waals surface area contributed by atoms with Crippen LogP contribution in [0.3, 0.4) is 0 Å². The number of esters is 3. The van der Waals surface area contributed by atoms with Gasteiger partial charge < -0.3 is 18.9 Å². The van der Waals surface area contributed by atoms with Crippen LogP contribution in [-0.2, 0) is 23.7 Å². The lowest BCUT2D eigenvalue weighted by Gasteiger charge is -2.69. The van der Waals surface area contributed by atoms with Gasteiger partial charge in [-0.05, 0) is 56.4 Å². The number of hydrogen-bond acceptors (Lipinski definition) is 8. The fourth-order valence-electron chi connectivity index (χ4n) is 8.20. The molecular formula is C33H37NO7. The van der Waals surface area contributed by atoms with Crippen molar-refractivity contribution in [1.82, 2.24) is 4.98 Å². The number of ether oxygens (including phenoxy) is 4. The average Bonchev–Trinajstić information content (AvgIpc) is 3.31. The molecule has 6 rings (SSSR count). The zero-order valence-electron chi connectivity index (χ0n) is 23.9. The predicted octanol–water partition coefficient (Wildman–Crippen LogP) is 5.47. The van der Waals surface area contributed by atoms with Crippen LogP contribution in [0.4, 0.5) is 0 Å². The van der Waals surface area contributed by atoms with Crippen molar-refractivity contribution in [2.75, 3.05) is 6.61 Å². The van der Waals surface area contributed by atoms with Gasteiger partial charge in [0.1, 0.15) is 24.4 Å². The summed E-state index contributed by atoms with van der Waals surface area (Å²) in [6, 6.07) is 12.4. The Morgan fingerprint density at radius 3 is 2.37 bits per heavy atom. The average molecular weight is 560 g/mol. The van der Waals surface area contributed by atoms with Crippen LogP contribution < -0.4 is 0 Å². The first-order valence-electron chi connectivity index (χ1n) is 14.4. The number of aromatic nitrogens is 1. The van der Waals surface area contributed by atoms with Crippen molar-refractivity contribution in [2.45, 2.75) is 82.7 Å². The van der Waals surface area contributed by atoms with Crippen LogP contribution in [0.15, 0.2) is 67.0 Å². The molecule has 2 aliphatic heterocycles. The van der Waals surface area contributed by atoms with Crippen molar-refractivity contribution in [1.29, 1.82) is 0 Å². The van der Waals surface area contributed by atoms with Crippen LogP contribution in [0.25, 0.3) is 0 Å². The topological polar surface area (TPSA) is 101 Å². The van der Waals surface area contributed by atoms with E-state index in [1.807, 2.05) is 25.1 Å². The van der Waals surface area contributed by atoms with Gasteiger partial charge in [0.05, 0.1) is 23.1 Å². The second-order valence-corrected chi connectivity index (χ2v) is 12.8. The molecule has 2 saturated heterocycles. The summed E-state index contributed by atoms with van der Waals surface area (Å²) < 4.78 is 25.1. The van der Waals surface area contributed by atoms with E-state index in [2.05, 4.69) is 25.4 Å². The van der Waals surface area contributed by atoms with Crippen LogP contribution in [0.1, 0.15) is 80.0 Å². The van der Waals surface area contributed by atoms with Crippen molar-refractivity contribution in [3.63, 3.8) is 0 Å². The summed E-state index contributed by atoms with van der Waals surface area (Å²) >= 11 is 0.